The van der Waals surface area contributed by atoms with Gasteiger partial charge in [-0.2, -0.15) is 10.2 Å². The number of hydrogen-bond donors (Lipinski definition) is 1. The van der Waals surface area contributed by atoms with Gasteiger partial charge in [0.2, 0.25) is 0 Å². The fraction of sp³-hybridized carbons (Fsp3) is 0.400. The predicted molar refractivity (Wildman–Crippen MR) is 83.5 cm³/mol. The Balaban J connectivity index is 2.16. The van der Waals surface area contributed by atoms with Crippen LogP contribution < -0.4 is 10.2 Å². The summed E-state index contributed by atoms with van der Waals surface area (Å²) >= 11 is 1.56. The number of primary amides is 1. The van der Waals surface area contributed by atoms with Crippen molar-refractivity contribution in [1.29, 1.82) is 5.26 Å². The minimum Gasteiger partial charge on any atom is -0.364 e. The van der Waals surface area contributed by atoms with Crippen molar-refractivity contribution in [3.8, 4) is 6.07 Å². The molecule has 1 aliphatic heterocycles. The van der Waals surface area contributed by atoms with Crippen molar-refractivity contribution in [1.82, 2.24) is 9.47 Å². The lowest BCUT2D eigenvalue weighted by molar-refractivity contribution is -0.121. The Morgan fingerprint density at radius 3 is 3.00 bits per heavy atom. The van der Waals surface area contributed by atoms with Crippen LogP contribution in [0, 0.1) is 17.2 Å². The quantitative estimate of drug-likeness (QED) is 0.695. The van der Waals surface area contributed by atoms with Crippen molar-refractivity contribution in [2.75, 3.05) is 13.1 Å². The van der Waals surface area contributed by atoms with Gasteiger partial charge >= 0.3 is 0 Å². The van der Waals surface area contributed by atoms with Crippen molar-refractivity contribution in [2.45, 2.75) is 19.4 Å². The van der Waals surface area contributed by atoms with Crippen molar-refractivity contribution in [3.63, 3.8) is 0 Å². The van der Waals surface area contributed by atoms with Crippen LogP contribution >= 0.6 is 11.3 Å². The van der Waals surface area contributed by atoms with E-state index in [-0.39, 0.29) is 23.0 Å². The van der Waals surface area contributed by atoms with Gasteiger partial charge in [0.15, 0.2) is 12.6 Å². The van der Waals surface area contributed by atoms with E-state index in [1.165, 1.54) is 0 Å². The summed E-state index contributed by atoms with van der Waals surface area (Å²) in [5, 5.41) is 10.1. The predicted octanol–water partition coefficient (Wildman–Crippen LogP) is 2.02. The maximum atomic E-state index is 11.9. The summed E-state index contributed by atoms with van der Waals surface area (Å²) in [6.07, 6.45) is 0.715. The maximum absolute atomic E-state index is 11.9. The molecule has 0 radical (unpaired) electrons. The van der Waals surface area contributed by atoms with Gasteiger partial charge in [0.1, 0.15) is 6.07 Å². The van der Waals surface area contributed by atoms with Crippen molar-refractivity contribution in [3.05, 3.63) is 24.3 Å². The first-order valence-electron chi connectivity index (χ1n) is 6.96. The highest BCUT2D eigenvalue weighted by Gasteiger charge is 2.52. The fourth-order valence-electron chi connectivity index (χ4n) is 3.33. The summed E-state index contributed by atoms with van der Waals surface area (Å²) in [4.78, 5) is 16.6. The van der Waals surface area contributed by atoms with Crippen LogP contribution in [-0.2, 0) is 4.79 Å². The molecule has 3 rings (SSSR count). The monoisotopic (exact) mass is 301 g/mol. The van der Waals surface area contributed by atoms with Crippen LogP contribution in [0.5, 0.6) is 0 Å². The Hall–Kier alpha value is -1.97. The molecule has 1 aromatic carbocycles. The molecule has 0 saturated carbocycles. The van der Waals surface area contributed by atoms with Gasteiger partial charge in [0.25, 0.3) is 11.0 Å². The second-order valence-electron chi connectivity index (χ2n) is 5.76. The van der Waals surface area contributed by atoms with Crippen molar-refractivity contribution >= 4 is 32.6 Å². The van der Waals surface area contributed by atoms with E-state index in [0.29, 0.717) is 12.3 Å². The number of nitrogens with zero attached hydrogens (tertiary/aromatic N) is 3. The van der Waals surface area contributed by atoms with Crippen LogP contribution in [0.25, 0.3) is 10.2 Å². The Kier molecular flexibility index (Phi) is 3.40. The van der Waals surface area contributed by atoms with Gasteiger partial charge in [0, 0.05) is 12.3 Å². The third-order valence-electron chi connectivity index (χ3n) is 4.20. The Morgan fingerprint density at radius 1 is 1.57 bits per heavy atom. The third kappa shape index (κ3) is 2.19. The van der Waals surface area contributed by atoms with Gasteiger partial charge in [-0.1, -0.05) is 30.4 Å². The molecule has 2 heterocycles. The van der Waals surface area contributed by atoms with Crippen LogP contribution in [0.15, 0.2) is 24.3 Å². The SMILES string of the molecule is C[C@H]1C[C@@H](C(N)=O)[N+](CC#N)(c2nc3ccccc3s2)C1. The molecule has 0 bridgehead atoms. The van der Waals surface area contributed by atoms with Crippen LogP contribution in [0.2, 0.25) is 0 Å². The zero-order valence-corrected chi connectivity index (χ0v) is 12.6. The average molecular weight is 301 g/mol. The molecule has 1 saturated heterocycles. The molecule has 2 aromatic rings. The standard InChI is InChI=1S/C15H16N4OS/c1-10-8-12(14(17)20)19(9-10,7-6-16)15-18-11-4-2-3-5-13(11)21-15/h2-5,10,12H,7-9H2,1H3,(H-,17,20)/p+1/t10-,12-,19?/m0/s1. The van der Waals surface area contributed by atoms with Gasteiger partial charge in [-0.15, -0.1) is 0 Å². The van der Waals surface area contributed by atoms with Gasteiger partial charge in [-0.25, -0.2) is 4.48 Å². The number of rotatable bonds is 3. The number of amides is 1. The third-order valence-corrected chi connectivity index (χ3v) is 5.41. The summed E-state index contributed by atoms with van der Waals surface area (Å²) in [6, 6.07) is 9.75. The first kappa shape index (κ1) is 14.0. The zero-order chi connectivity index (χ0) is 15.0. The van der Waals surface area contributed by atoms with Gasteiger partial charge in [0.05, 0.1) is 16.8 Å². The molecular weight excluding hydrogens is 284 g/mol. The van der Waals surface area contributed by atoms with E-state index in [2.05, 4.69) is 18.0 Å². The molecule has 1 aliphatic rings. The number of quaternary nitrogens is 1. The number of likely N-dealkylation sites (tertiary alicyclic amines) is 1. The van der Waals surface area contributed by atoms with Crippen LogP contribution in [0.4, 0.5) is 5.13 Å². The molecule has 1 unspecified atom stereocenters. The lowest BCUT2D eigenvalue weighted by Gasteiger charge is -2.33. The molecule has 1 fully saturated rings. The van der Waals surface area contributed by atoms with E-state index in [1.54, 1.807) is 11.3 Å². The largest absolute Gasteiger partial charge is 0.364 e. The van der Waals surface area contributed by atoms with E-state index in [1.807, 2.05) is 24.3 Å². The summed E-state index contributed by atoms with van der Waals surface area (Å²) < 4.78 is 1.36. The lowest BCUT2D eigenvalue weighted by Crippen LogP contribution is -2.58. The molecule has 2 N–H and O–H groups in total. The first-order chi connectivity index (χ1) is 10.1. The highest BCUT2D eigenvalue weighted by molar-refractivity contribution is 7.22. The minimum absolute atomic E-state index is 0.234. The molecule has 1 aromatic heterocycles. The summed E-state index contributed by atoms with van der Waals surface area (Å²) in [7, 11) is 0. The van der Waals surface area contributed by atoms with E-state index in [4.69, 9.17) is 5.73 Å². The molecule has 3 atom stereocenters. The second kappa shape index (κ2) is 5.10. The Bertz CT molecular complexity index is 702. The summed E-state index contributed by atoms with van der Waals surface area (Å²) in [5.41, 5.74) is 6.52. The first-order valence-corrected chi connectivity index (χ1v) is 7.77. The number of carbonyl (C=O) groups excluding carboxylic acids is 1. The number of fused-ring (bicyclic) bond motifs is 1. The Morgan fingerprint density at radius 2 is 2.33 bits per heavy atom. The fourth-order valence-corrected chi connectivity index (χ4v) is 4.48. The van der Waals surface area contributed by atoms with E-state index in [9.17, 15) is 10.1 Å². The second-order valence-corrected chi connectivity index (χ2v) is 6.77. The minimum atomic E-state index is -0.361. The van der Waals surface area contributed by atoms with Crippen molar-refractivity contribution < 1.29 is 4.79 Å². The average Bonchev–Trinajstić information content (AvgIpc) is 3.01. The van der Waals surface area contributed by atoms with Gasteiger partial charge in [-0.05, 0) is 12.1 Å². The molecule has 108 valence electrons. The molecular formula is C15H17N4OS+. The van der Waals surface area contributed by atoms with Crippen LogP contribution in [0.1, 0.15) is 13.3 Å². The topological polar surface area (TPSA) is 79.8 Å². The number of para-hydroxylation sites is 1. The summed E-state index contributed by atoms with van der Waals surface area (Å²) in [6.45, 7) is 3.07. The highest BCUT2D eigenvalue weighted by Crippen LogP contribution is 2.41. The lowest BCUT2D eigenvalue weighted by atomic mass is 10.1. The van der Waals surface area contributed by atoms with Gasteiger partial charge < -0.3 is 5.73 Å². The molecule has 0 spiro atoms. The number of hydrogen-bond acceptors (Lipinski definition) is 4. The van der Waals surface area contributed by atoms with Crippen LogP contribution in [-0.4, -0.2) is 30.0 Å². The molecule has 6 heteroatoms. The normalized spacial score (nSPS) is 28.6. The number of carbonyl (C=O) groups is 1. The highest BCUT2D eigenvalue weighted by atomic mass is 32.1. The molecule has 1 amide bonds. The van der Waals surface area contributed by atoms with E-state index in [0.717, 1.165) is 21.9 Å². The number of thiazole rings is 1. The molecule has 0 aliphatic carbocycles. The van der Waals surface area contributed by atoms with Crippen molar-refractivity contribution in [2.24, 2.45) is 11.7 Å². The zero-order valence-electron chi connectivity index (χ0n) is 11.8. The number of nitriles is 1. The Labute approximate surface area is 127 Å². The number of aromatic nitrogens is 1. The van der Waals surface area contributed by atoms with Gasteiger partial charge in [-0.3, -0.25) is 4.79 Å². The van der Waals surface area contributed by atoms with E-state index < -0.39 is 0 Å². The van der Waals surface area contributed by atoms with E-state index >= 15 is 0 Å². The summed E-state index contributed by atoms with van der Waals surface area (Å²) in [5.74, 6) is 0.0109. The smallest absolute Gasteiger partial charge is 0.288 e. The molecule has 21 heavy (non-hydrogen) atoms. The number of nitrogens with two attached hydrogens (primary N) is 1. The van der Waals surface area contributed by atoms with Crippen LogP contribution in [0.3, 0.4) is 0 Å². The molecule has 5 nitrogen and oxygen atoms in total. The maximum Gasteiger partial charge on any atom is 0.288 e. The number of benzene rings is 1.